The highest BCUT2D eigenvalue weighted by Crippen LogP contribution is 2.14. The number of carbonyl (C=O) groups excluding carboxylic acids is 1. The van der Waals surface area contributed by atoms with Gasteiger partial charge in [-0.25, -0.2) is 0 Å². The summed E-state index contributed by atoms with van der Waals surface area (Å²) in [5.74, 6) is -0.00296. The number of hydrogen-bond donors (Lipinski definition) is 2. The molecule has 1 saturated heterocycles. The number of amides is 1. The number of carbonyl (C=O) groups is 1. The fraction of sp³-hybridized carbons (Fsp3) is 0.429. The van der Waals surface area contributed by atoms with Crippen LogP contribution in [0.1, 0.15) is 23.2 Å². The number of piperidine rings is 1. The van der Waals surface area contributed by atoms with Gasteiger partial charge in [0.05, 0.1) is 11.7 Å². The normalized spacial score (nSPS) is 20.6. The van der Waals surface area contributed by atoms with E-state index in [0.717, 1.165) is 36.8 Å². The molecule has 2 heterocycles. The highest BCUT2D eigenvalue weighted by molar-refractivity contribution is 5.97. The second kappa shape index (κ2) is 5.01. The van der Waals surface area contributed by atoms with E-state index in [0.29, 0.717) is 5.56 Å². The first-order valence-corrected chi connectivity index (χ1v) is 6.65. The number of H-pyrrole nitrogens is 1. The zero-order valence-corrected chi connectivity index (χ0v) is 11.0. The van der Waals surface area contributed by atoms with Crippen LogP contribution in [0.25, 0.3) is 10.9 Å². The SMILES string of the molecule is CN1CCCC(NC(=O)c2ccc3cn[nH]c3c2)C1. The van der Waals surface area contributed by atoms with Crippen molar-refractivity contribution in [2.24, 2.45) is 0 Å². The van der Waals surface area contributed by atoms with Crippen LogP contribution in [0.2, 0.25) is 0 Å². The van der Waals surface area contributed by atoms with Crippen LogP contribution in [0, 0.1) is 0 Å². The minimum absolute atomic E-state index is 0.00296. The minimum atomic E-state index is -0.00296. The predicted octanol–water partition coefficient (Wildman–Crippen LogP) is 1.39. The molecule has 2 aromatic rings. The number of nitrogens with one attached hydrogen (secondary N) is 2. The van der Waals surface area contributed by atoms with Gasteiger partial charge in [-0.2, -0.15) is 5.10 Å². The largest absolute Gasteiger partial charge is 0.348 e. The molecule has 0 bridgehead atoms. The summed E-state index contributed by atoms with van der Waals surface area (Å²) in [6.45, 7) is 2.05. The van der Waals surface area contributed by atoms with Crippen molar-refractivity contribution in [2.45, 2.75) is 18.9 Å². The van der Waals surface area contributed by atoms with Gasteiger partial charge < -0.3 is 10.2 Å². The van der Waals surface area contributed by atoms with Gasteiger partial charge >= 0.3 is 0 Å². The third-order valence-electron chi connectivity index (χ3n) is 3.66. The number of likely N-dealkylation sites (tertiary alicyclic amines) is 1. The lowest BCUT2D eigenvalue weighted by Gasteiger charge is -2.30. The quantitative estimate of drug-likeness (QED) is 0.855. The molecule has 19 heavy (non-hydrogen) atoms. The Kier molecular flexibility index (Phi) is 3.21. The monoisotopic (exact) mass is 258 g/mol. The van der Waals surface area contributed by atoms with Crippen LogP contribution in [0.15, 0.2) is 24.4 Å². The van der Waals surface area contributed by atoms with E-state index < -0.39 is 0 Å². The van der Waals surface area contributed by atoms with Crippen molar-refractivity contribution in [3.63, 3.8) is 0 Å². The summed E-state index contributed by atoms with van der Waals surface area (Å²) in [5.41, 5.74) is 1.58. The second-order valence-electron chi connectivity index (χ2n) is 5.25. The Morgan fingerprint density at radius 2 is 2.42 bits per heavy atom. The van der Waals surface area contributed by atoms with Crippen LogP contribution in [-0.2, 0) is 0 Å². The molecule has 0 radical (unpaired) electrons. The Morgan fingerprint density at radius 1 is 1.53 bits per heavy atom. The number of aromatic amines is 1. The summed E-state index contributed by atoms with van der Waals surface area (Å²) in [6, 6.07) is 5.87. The molecular weight excluding hydrogens is 240 g/mol. The lowest BCUT2D eigenvalue weighted by molar-refractivity contribution is 0.0912. The van der Waals surface area contributed by atoms with E-state index in [4.69, 9.17) is 0 Å². The van der Waals surface area contributed by atoms with Gasteiger partial charge in [0.25, 0.3) is 5.91 Å². The highest BCUT2D eigenvalue weighted by Gasteiger charge is 2.19. The minimum Gasteiger partial charge on any atom is -0.348 e. The second-order valence-corrected chi connectivity index (χ2v) is 5.25. The lowest BCUT2D eigenvalue weighted by atomic mass is 10.1. The maximum Gasteiger partial charge on any atom is 0.251 e. The van der Waals surface area contributed by atoms with Gasteiger partial charge in [0.15, 0.2) is 0 Å². The Balaban J connectivity index is 1.72. The molecule has 1 aliphatic rings. The van der Waals surface area contributed by atoms with E-state index in [-0.39, 0.29) is 11.9 Å². The van der Waals surface area contributed by atoms with Gasteiger partial charge in [-0.3, -0.25) is 9.89 Å². The highest BCUT2D eigenvalue weighted by atomic mass is 16.1. The fourth-order valence-corrected chi connectivity index (χ4v) is 2.63. The lowest BCUT2D eigenvalue weighted by Crippen LogP contribution is -2.46. The Hall–Kier alpha value is -1.88. The first-order chi connectivity index (χ1) is 9.22. The van der Waals surface area contributed by atoms with E-state index in [1.807, 2.05) is 18.2 Å². The first kappa shape index (κ1) is 12.2. The van der Waals surface area contributed by atoms with Gasteiger partial charge in [-0.1, -0.05) is 6.07 Å². The van der Waals surface area contributed by atoms with Crippen LogP contribution >= 0.6 is 0 Å². The van der Waals surface area contributed by atoms with E-state index in [1.54, 1.807) is 6.20 Å². The van der Waals surface area contributed by atoms with Gasteiger partial charge in [-0.15, -0.1) is 0 Å². The molecule has 1 aromatic heterocycles. The third kappa shape index (κ3) is 2.61. The van der Waals surface area contributed by atoms with E-state index in [1.165, 1.54) is 0 Å². The molecule has 1 atom stereocenters. The van der Waals surface area contributed by atoms with Crippen molar-refractivity contribution in [3.8, 4) is 0 Å². The molecule has 1 aromatic carbocycles. The number of likely N-dealkylation sites (N-methyl/N-ethyl adjacent to an activating group) is 1. The van der Waals surface area contributed by atoms with E-state index in [9.17, 15) is 4.79 Å². The maximum atomic E-state index is 12.2. The van der Waals surface area contributed by atoms with Gasteiger partial charge in [0.1, 0.15) is 0 Å². The molecule has 0 saturated carbocycles. The number of fused-ring (bicyclic) bond motifs is 1. The average Bonchev–Trinajstić information content (AvgIpc) is 2.85. The van der Waals surface area contributed by atoms with Gasteiger partial charge in [0.2, 0.25) is 0 Å². The molecule has 1 amide bonds. The Labute approximate surface area is 112 Å². The molecule has 1 aliphatic heterocycles. The Morgan fingerprint density at radius 3 is 3.26 bits per heavy atom. The number of rotatable bonds is 2. The van der Waals surface area contributed by atoms with Crippen molar-refractivity contribution in [2.75, 3.05) is 20.1 Å². The van der Waals surface area contributed by atoms with E-state index >= 15 is 0 Å². The summed E-state index contributed by atoms with van der Waals surface area (Å²) in [4.78, 5) is 14.5. The number of benzene rings is 1. The molecule has 3 rings (SSSR count). The van der Waals surface area contributed by atoms with Crippen molar-refractivity contribution in [1.82, 2.24) is 20.4 Å². The molecule has 2 N–H and O–H groups in total. The number of nitrogens with zero attached hydrogens (tertiary/aromatic N) is 2. The van der Waals surface area contributed by atoms with Crippen molar-refractivity contribution in [3.05, 3.63) is 30.0 Å². The van der Waals surface area contributed by atoms with Crippen LogP contribution in [0.5, 0.6) is 0 Å². The molecule has 5 heteroatoms. The number of hydrogen-bond acceptors (Lipinski definition) is 3. The zero-order chi connectivity index (χ0) is 13.2. The van der Waals surface area contributed by atoms with Crippen molar-refractivity contribution >= 4 is 16.8 Å². The topological polar surface area (TPSA) is 61.0 Å². The summed E-state index contributed by atoms with van der Waals surface area (Å²) in [5, 5.41) is 11.0. The fourth-order valence-electron chi connectivity index (χ4n) is 2.63. The van der Waals surface area contributed by atoms with Crippen LogP contribution < -0.4 is 5.32 Å². The average molecular weight is 258 g/mol. The summed E-state index contributed by atoms with van der Waals surface area (Å²) in [6.07, 6.45) is 3.95. The van der Waals surface area contributed by atoms with E-state index in [2.05, 4.69) is 27.5 Å². The molecule has 0 aliphatic carbocycles. The number of aromatic nitrogens is 2. The standard InChI is InChI=1S/C14H18N4O/c1-18-6-2-3-12(9-18)16-14(19)10-4-5-11-8-15-17-13(11)7-10/h4-5,7-8,12H,2-3,6,9H2,1H3,(H,15,17)(H,16,19). The van der Waals surface area contributed by atoms with Crippen molar-refractivity contribution in [1.29, 1.82) is 0 Å². The molecule has 0 spiro atoms. The van der Waals surface area contributed by atoms with Crippen LogP contribution in [0.4, 0.5) is 0 Å². The first-order valence-electron chi connectivity index (χ1n) is 6.65. The molecule has 5 nitrogen and oxygen atoms in total. The Bertz CT molecular complexity index is 592. The molecule has 1 fully saturated rings. The molecule has 1 unspecified atom stereocenters. The van der Waals surface area contributed by atoms with Crippen molar-refractivity contribution < 1.29 is 4.79 Å². The molecular formula is C14H18N4O. The summed E-state index contributed by atoms with van der Waals surface area (Å²) in [7, 11) is 2.09. The third-order valence-corrected chi connectivity index (χ3v) is 3.66. The molecule has 100 valence electrons. The zero-order valence-electron chi connectivity index (χ0n) is 11.0. The summed E-state index contributed by atoms with van der Waals surface area (Å²) < 4.78 is 0. The van der Waals surface area contributed by atoms with Gasteiger partial charge in [-0.05, 0) is 38.6 Å². The predicted molar refractivity (Wildman–Crippen MR) is 74.1 cm³/mol. The maximum absolute atomic E-state index is 12.2. The van der Waals surface area contributed by atoms with Gasteiger partial charge in [0, 0.05) is 23.5 Å². The van der Waals surface area contributed by atoms with Crippen LogP contribution in [0.3, 0.4) is 0 Å². The van der Waals surface area contributed by atoms with Crippen LogP contribution in [-0.4, -0.2) is 47.2 Å². The summed E-state index contributed by atoms with van der Waals surface area (Å²) >= 11 is 0. The smallest absolute Gasteiger partial charge is 0.251 e.